The van der Waals surface area contributed by atoms with Crippen molar-refractivity contribution in [2.75, 3.05) is 52.4 Å². The number of nitrogens with zero attached hydrogens (tertiary/aromatic N) is 4. The lowest BCUT2D eigenvalue weighted by Gasteiger charge is -2.32. The summed E-state index contributed by atoms with van der Waals surface area (Å²) in [6, 6.07) is 5.05. The zero-order chi connectivity index (χ0) is 71.3. The monoisotopic (exact) mass is 1350 g/mol. The molecule has 28 N–H and O–H groups in total. The van der Waals surface area contributed by atoms with Crippen LogP contribution in [0.2, 0.25) is 0 Å². The molecular formula is C63H106N22O11. The lowest BCUT2D eigenvalue weighted by molar-refractivity contribution is -0.136. The van der Waals surface area contributed by atoms with Crippen LogP contribution in [0.25, 0.3) is 0 Å². The fraction of sp³-hybridized carbons (Fsp3) is 0.603. The predicted molar refractivity (Wildman–Crippen MR) is 365 cm³/mol. The maximum atomic E-state index is 14.8. The second kappa shape index (κ2) is 43.6. The van der Waals surface area contributed by atoms with Crippen LogP contribution in [-0.2, 0) is 60.8 Å². The highest BCUT2D eigenvalue weighted by molar-refractivity contribution is 5.97. The molecule has 1 heterocycles. The van der Waals surface area contributed by atoms with Gasteiger partial charge in [-0.15, -0.1) is 0 Å². The van der Waals surface area contributed by atoms with Crippen molar-refractivity contribution < 1.29 is 53.1 Å². The van der Waals surface area contributed by atoms with Crippen molar-refractivity contribution >= 4 is 77.0 Å². The van der Waals surface area contributed by atoms with Crippen molar-refractivity contribution in [2.45, 2.75) is 178 Å². The normalized spacial score (nSPS) is 15.6. The van der Waals surface area contributed by atoms with Gasteiger partial charge in [-0.3, -0.25) is 67.8 Å². The summed E-state index contributed by atoms with van der Waals surface area (Å²) >= 11 is 0. The molecule has 0 aromatic heterocycles. The van der Waals surface area contributed by atoms with Gasteiger partial charge in [-0.25, -0.2) is 0 Å². The number of hydrogen-bond acceptors (Lipinski definition) is 17. The molecule has 0 spiro atoms. The van der Waals surface area contributed by atoms with Crippen LogP contribution in [0.3, 0.4) is 0 Å². The Kier molecular flexibility index (Phi) is 36.7. The van der Waals surface area contributed by atoms with Crippen molar-refractivity contribution in [3.8, 4) is 5.75 Å². The molecule has 10 atom stereocenters. The van der Waals surface area contributed by atoms with E-state index in [0.29, 0.717) is 75.6 Å². The number of phenolic OH excluding ortho intramolecular Hbond substituents is 1. The number of aliphatic imine (C=N–C) groups is 3. The van der Waals surface area contributed by atoms with E-state index in [-0.39, 0.29) is 107 Å². The number of unbranched alkanes of at least 4 members (excludes halogenated alkanes) is 1. The highest BCUT2D eigenvalue weighted by atomic mass is 16.3. The number of amides is 10. The van der Waals surface area contributed by atoms with Crippen LogP contribution in [0.5, 0.6) is 5.75 Å². The van der Waals surface area contributed by atoms with Gasteiger partial charge in [0.25, 0.3) is 0 Å². The standard InChI is InChI=1S/C63H106N22O11/c1-5-38(4)52(60(96)78-41(17-11-27-73-61(67)68)36-85-30-14-21-49(85)59(95)80-44(53(66)89)18-9-10-26-64)84-56(92)46(20-13-29-75-63(71)72)81-55(91)45(19-12-28-74-62(69)70)82-57(93)47(31-37(2)3)83-58(94)48(33-39-15-7-6-8-16-39)79-51(88)35-76-50(87)34-77-54(90)43(65)32-40-22-24-42(86)25-23-40/h6-8,15-16,22-25,37-38,41,43-49,52,86H,5,9-14,17-21,26-36,64-65H2,1-4H3,(H2,66,89)(H,76,87)(H,77,90)(H,78,96)(H,79,88)(H,80,95)(H,81,91)(H,82,93)(H,83,94)(H,84,92)(H4,67,68,73)(H4,69,70,74)(H4,71,72,75)/t38-,41-,43-,44-,45-,46-,47-,48-,49-,52-/m0/s1. The summed E-state index contributed by atoms with van der Waals surface area (Å²) in [6.45, 7) is 7.49. The van der Waals surface area contributed by atoms with E-state index in [1.54, 1.807) is 63.2 Å². The summed E-state index contributed by atoms with van der Waals surface area (Å²) in [7, 11) is 0. The molecule has 0 aliphatic carbocycles. The van der Waals surface area contributed by atoms with Crippen molar-refractivity contribution in [1.29, 1.82) is 0 Å². The van der Waals surface area contributed by atoms with Crippen LogP contribution in [0.1, 0.15) is 122 Å². The number of hydrogen-bond donors (Lipinski definition) is 19. The lowest BCUT2D eigenvalue weighted by atomic mass is 9.96. The average molecular weight is 1350 g/mol. The Labute approximate surface area is 561 Å². The number of aromatic hydroxyl groups is 1. The summed E-state index contributed by atoms with van der Waals surface area (Å²) in [6.07, 6.45) is 4.09. The zero-order valence-electron chi connectivity index (χ0n) is 55.8. The van der Waals surface area contributed by atoms with Crippen molar-refractivity contribution in [2.24, 2.45) is 78.4 Å². The fourth-order valence-corrected chi connectivity index (χ4v) is 10.6. The van der Waals surface area contributed by atoms with E-state index in [1.807, 2.05) is 11.8 Å². The minimum absolute atomic E-state index is 0.0285. The van der Waals surface area contributed by atoms with Crippen LogP contribution >= 0.6 is 0 Å². The second-order valence-corrected chi connectivity index (χ2v) is 24.4. The van der Waals surface area contributed by atoms with Gasteiger partial charge in [-0.05, 0) is 132 Å². The molecule has 96 heavy (non-hydrogen) atoms. The summed E-state index contributed by atoms with van der Waals surface area (Å²) in [5, 5.41) is 34.1. The lowest BCUT2D eigenvalue weighted by Crippen LogP contribution is -2.60. The first-order valence-corrected chi connectivity index (χ1v) is 32.7. The molecule has 0 unspecified atom stereocenters. The van der Waals surface area contributed by atoms with Gasteiger partial charge < -0.3 is 105 Å². The van der Waals surface area contributed by atoms with Crippen molar-refractivity contribution in [3.63, 3.8) is 0 Å². The topological polar surface area (TPSA) is 574 Å². The Morgan fingerprint density at radius 2 is 1.07 bits per heavy atom. The molecule has 33 heteroatoms. The van der Waals surface area contributed by atoms with Crippen LogP contribution in [0, 0.1) is 11.8 Å². The highest BCUT2D eigenvalue weighted by Gasteiger charge is 2.37. The van der Waals surface area contributed by atoms with Gasteiger partial charge >= 0.3 is 0 Å². The number of nitrogens with one attached hydrogen (secondary N) is 9. The number of phenols is 1. The van der Waals surface area contributed by atoms with Crippen LogP contribution in [0.4, 0.5) is 0 Å². The van der Waals surface area contributed by atoms with Gasteiger partial charge in [0.1, 0.15) is 42.0 Å². The maximum absolute atomic E-state index is 14.8. The first-order valence-electron chi connectivity index (χ1n) is 32.7. The summed E-state index contributed by atoms with van der Waals surface area (Å²) < 4.78 is 0. The largest absolute Gasteiger partial charge is 0.508 e. The molecule has 33 nitrogen and oxygen atoms in total. The van der Waals surface area contributed by atoms with E-state index in [9.17, 15) is 53.1 Å². The predicted octanol–water partition coefficient (Wildman–Crippen LogP) is -4.54. The molecule has 1 aliphatic rings. The summed E-state index contributed by atoms with van der Waals surface area (Å²) in [4.78, 5) is 152. The smallest absolute Gasteiger partial charge is 0.243 e. The molecular weight excluding hydrogens is 1240 g/mol. The first-order chi connectivity index (χ1) is 45.6. The van der Waals surface area contributed by atoms with E-state index >= 15 is 0 Å². The van der Waals surface area contributed by atoms with Gasteiger partial charge in [-0.1, -0.05) is 76.6 Å². The van der Waals surface area contributed by atoms with Crippen molar-refractivity contribution in [1.82, 2.24) is 52.8 Å². The zero-order valence-corrected chi connectivity index (χ0v) is 55.8. The Morgan fingerprint density at radius 1 is 0.552 bits per heavy atom. The van der Waals surface area contributed by atoms with Gasteiger partial charge in [0.05, 0.1) is 25.2 Å². The van der Waals surface area contributed by atoms with E-state index < -0.39 is 127 Å². The molecule has 534 valence electrons. The van der Waals surface area contributed by atoms with E-state index in [1.165, 1.54) is 12.1 Å². The van der Waals surface area contributed by atoms with Gasteiger partial charge in [-0.2, -0.15) is 0 Å². The van der Waals surface area contributed by atoms with Crippen LogP contribution in [-0.4, -0.2) is 194 Å². The number of benzene rings is 2. The third-order valence-corrected chi connectivity index (χ3v) is 15.9. The minimum Gasteiger partial charge on any atom is -0.508 e. The molecule has 1 fully saturated rings. The Bertz CT molecular complexity index is 2910. The molecule has 3 rings (SSSR count). The average Bonchev–Trinajstić information content (AvgIpc) is 1.84. The quantitative estimate of drug-likeness (QED) is 0.0169. The SMILES string of the molecule is CC[C@H](C)[C@H](NC(=O)[C@H](CCCN=C(N)N)NC(=O)[C@H](CCCN=C(N)N)NC(=O)[C@H](CC(C)C)NC(=O)[C@H](Cc1ccccc1)NC(=O)CNC(=O)CNC(=O)[C@@H](N)Cc1ccc(O)cc1)C(=O)N[C@@H](CCCN=C(N)N)CN1CCC[C@H]1C(=O)N[C@@H](CCCCN)C(N)=O. The first kappa shape index (κ1) is 80.9. The second-order valence-electron chi connectivity index (χ2n) is 24.4. The molecule has 1 aliphatic heterocycles. The fourth-order valence-electron chi connectivity index (χ4n) is 10.6. The van der Waals surface area contributed by atoms with Gasteiger partial charge in [0, 0.05) is 38.6 Å². The molecule has 2 aromatic carbocycles. The van der Waals surface area contributed by atoms with Crippen LogP contribution < -0.4 is 99.5 Å². The number of rotatable bonds is 45. The number of primary amides is 1. The number of likely N-dealkylation sites (tertiary alicyclic amines) is 1. The van der Waals surface area contributed by atoms with Gasteiger partial charge in [0.2, 0.25) is 59.1 Å². The third-order valence-electron chi connectivity index (χ3n) is 15.9. The van der Waals surface area contributed by atoms with E-state index in [4.69, 9.17) is 51.6 Å². The molecule has 1 saturated heterocycles. The summed E-state index contributed by atoms with van der Waals surface area (Å²) in [5.74, 6) is -8.19. The molecule has 0 radical (unpaired) electrons. The highest BCUT2D eigenvalue weighted by Crippen LogP contribution is 2.21. The molecule has 2 aromatic rings. The van der Waals surface area contributed by atoms with Crippen molar-refractivity contribution in [3.05, 3.63) is 65.7 Å². The van der Waals surface area contributed by atoms with Crippen LogP contribution in [0.15, 0.2) is 69.6 Å². The molecule has 10 amide bonds. The Morgan fingerprint density at radius 3 is 1.62 bits per heavy atom. The molecule has 0 saturated carbocycles. The Hall–Kier alpha value is -9.37. The maximum Gasteiger partial charge on any atom is 0.243 e. The number of guanidine groups is 3. The van der Waals surface area contributed by atoms with E-state index in [0.717, 1.165) is 0 Å². The number of carbonyl (C=O) groups excluding carboxylic acids is 10. The van der Waals surface area contributed by atoms with Gasteiger partial charge in [0.15, 0.2) is 17.9 Å². The molecule has 0 bridgehead atoms. The number of carbonyl (C=O) groups is 10. The summed E-state index contributed by atoms with van der Waals surface area (Å²) in [5.41, 5.74) is 52.4. The minimum atomic E-state index is -1.39. The number of nitrogens with two attached hydrogens (primary N) is 9. The third kappa shape index (κ3) is 31.7. The van der Waals surface area contributed by atoms with E-state index in [2.05, 4.69) is 62.8 Å². The Balaban J connectivity index is 1.90.